The van der Waals surface area contributed by atoms with E-state index in [1.54, 1.807) is 11.6 Å². The molecule has 100 valence electrons. The quantitative estimate of drug-likeness (QED) is 0.809. The summed E-state index contributed by atoms with van der Waals surface area (Å²) in [5.74, 6) is -0.907. The van der Waals surface area contributed by atoms with Crippen molar-refractivity contribution in [3.63, 3.8) is 0 Å². The maximum absolute atomic E-state index is 11.3. The lowest BCUT2D eigenvalue weighted by molar-refractivity contribution is -0.145. The molecule has 0 saturated carbocycles. The van der Waals surface area contributed by atoms with Gasteiger partial charge in [0.15, 0.2) is 0 Å². The molecule has 1 aromatic rings. The lowest BCUT2D eigenvalue weighted by Gasteiger charge is -2.20. The van der Waals surface area contributed by atoms with E-state index in [-0.39, 0.29) is 0 Å². The van der Waals surface area contributed by atoms with E-state index >= 15 is 0 Å². The number of nitrogens with zero attached hydrogens (tertiary/aromatic N) is 2. The number of carboxylic acid groups (broad SMARTS) is 1. The second-order valence-corrected chi connectivity index (χ2v) is 4.86. The Hall–Kier alpha value is -1.29. The molecule has 0 aliphatic heterocycles. The SMILES string of the molecule is C=CC(C)(Cc1c(Cl)c(CC)nn1CC)C(=O)O. The number of halogens is 1. The molecule has 0 aromatic carbocycles. The highest BCUT2D eigenvalue weighted by Crippen LogP contribution is 2.30. The minimum atomic E-state index is -1.03. The third-order valence-electron chi connectivity index (χ3n) is 3.17. The second-order valence-electron chi connectivity index (χ2n) is 4.48. The first kappa shape index (κ1) is 14.8. The Kier molecular flexibility index (Phi) is 4.57. The molecule has 5 heteroatoms. The van der Waals surface area contributed by atoms with Crippen molar-refractivity contribution in [2.45, 2.75) is 40.2 Å². The van der Waals surface area contributed by atoms with Gasteiger partial charge in [0.1, 0.15) is 0 Å². The van der Waals surface area contributed by atoms with Crippen molar-refractivity contribution in [2.75, 3.05) is 0 Å². The van der Waals surface area contributed by atoms with Gasteiger partial charge in [0.2, 0.25) is 0 Å². The monoisotopic (exact) mass is 270 g/mol. The van der Waals surface area contributed by atoms with Crippen LogP contribution in [0.4, 0.5) is 0 Å². The topological polar surface area (TPSA) is 55.1 Å². The minimum Gasteiger partial charge on any atom is -0.481 e. The smallest absolute Gasteiger partial charge is 0.313 e. The zero-order valence-electron chi connectivity index (χ0n) is 11.0. The number of rotatable bonds is 6. The molecule has 0 spiro atoms. The van der Waals surface area contributed by atoms with E-state index in [0.29, 0.717) is 18.0 Å². The first-order valence-electron chi connectivity index (χ1n) is 6.00. The zero-order valence-corrected chi connectivity index (χ0v) is 11.8. The molecule has 0 fully saturated rings. The van der Waals surface area contributed by atoms with E-state index in [4.69, 9.17) is 11.6 Å². The minimum absolute atomic E-state index is 0.297. The van der Waals surface area contributed by atoms with Crippen LogP contribution >= 0.6 is 11.6 Å². The average Bonchev–Trinajstić information content (AvgIpc) is 2.65. The number of hydrogen-bond donors (Lipinski definition) is 1. The molecule has 1 atom stereocenters. The molecular weight excluding hydrogens is 252 g/mol. The van der Waals surface area contributed by atoms with Crippen molar-refractivity contribution in [3.8, 4) is 0 Å². The molecule has 0 aliphatic carbocycles. The van der Waals surface area contributed by atoms with Gasteiger partial charge in [-0.1, -0.05) is 24.6 Å². The number of aromatic nitrogens is 2. The molecule has 0 saturated heterocycles. The normalized spacial score (nSPS) is 14.2. The van der Waals surface area contributed by atoms with Gasteiger partial charge in [-0.25, -0.2) is 0 Å². The fraction of sp³-hybridized carbons (Fsp3) is 0.538. The predicted molar refractivity (Wildman–Crippen MR) is 71.9 cm³/mol. The zero-order chi connectivity index (χ0) is 13.9. The van der Waals surface area contributed by atoms with Crippen molar-refractivity contribution in [2.24, 2.45) is 5.41 Å². The van der Waals surface area contributed by atoms with Crippen molar-refractivity contribution < 1.29 is 9.90 Å². The molecule has 0 amide bonds. The molecule has 1 rings (SSSR count). The fourth-order valence-electron chi connectivity index (χ4n) is 1.77. The predicted octanol–water partition coefficient (Wildman–Crippen LogP) is 2.94. The van der Waals surface area contributed by atoms with Crippen molar-refractivity contribution >= 4 is 17.6 Å². The highest BCUT2D eigenvalue weighted by molar-refractivity contribution is 6.31. The van der Waals surface area contributed by atoms with E-state index in [2.05, 4.69) is 11.7 Å². The molecule has 1 N–H and O–H groups in total. The van der Waals surface area contributed by atoms with Crippen LogP contribution in [0.2, 0.25) is 5.02 Å². The Morgan fingerprint density at radius 1 is 1.61 bits per heavy atom. The molecule has 1 aromatic heterocycles. The summed E-state index contributed by atoms with van der Waals surface area (Å²) < 4.78 is 1.77. The van der Waals surface area contributed by atoms with E-state index in [1.165, 1.54) is 6.08 Å². The van der Waals surface area contributed by atoms with Crippen LogP contribution in [0.5, 0.6) is 0 Å². The Bertz CT molecular complexity index is 468. The van der Waals surface area contributed by atoms with E-state index in [9.17, 15) is 9.90 Å². The van der Waals surface area contributed by atoms with Crippen LogP contribution in [0.1, 0.15) is 32.2 Å². The van der Waals surface area contributed by atoms with Crippen LogP contribution in [0.3, 0.4) is 0 Å². The number of aliphatic carboxylic acids is 1. The molecule has 1 heterocycles. The molecule has 18 heavy (non-hydrogen) atoms. The molecule has 0 bridgehead atoms. The number of carbonyl (C=O) groups is 1. The molecule has 0 radical (unpaired) electrons. The second kappa shape index (κ2) is 5.57. The third-order valence-corrected chi connectivity index (χ3v) is 3.60. The summed E-state index contributed by atoms with van der Waals surface area (Å²) >= 11 is 6.27. The highest BCUT2D eigenvalue weighted by Gasteiger charge is 2.32. The van der Waals surface area contributed by atoms with Crippen LogP contribution in [-0.4, -0.2) is 20.9 Å². The summed E-state index contributed by atoms with van der Waals surface area (Å²) in [5.41, 5.74) is 0.549. The molecule has 0 aliphatic rings. The Labute approximate surface area is 112 Å². The summed E-state index contributed by atoms with van der Waals surface area (Å²) in [6, 6.07) is 0. The Balaban J connectivity index is 3.21. The van der Waals surface area contributed by atoms with Crippen LogP contribution in [0.25, 0.3) is 0 Å². The Morgan fingerprint density at radius 2 is 2.22 bits per heavy atom. The van der Waals surface area contributed by atoms with Gasteiger partial charge in [-0.05, 0) is 20.3 Å². The lowest BCUT2D eigenvalue weighted by Crippen LogP contribution is -2.28. The van der Waals surface area contributed by atoms with Crippen molar-refractivity contribution in [3.05, 3.63) is 29.1 Å². The highest BCUT2D eigenvalue weighted by atomic mass is 35.5. The summed E-state index contributed by atoms with van der Waals surface area (Å²) in [7, 11) is 0. The van der Waals surface area contributed by atoms with Crippen LogP contribution in [0, 0.1) is 5.41 Å². The summed E-state index contributed by atoms with van der Waals surface area (Å²) in [6.45, 7) is 9.84. The van der Waals surface area contributed by atoms with E-state index in [0.717, 1.165) is 17.8 Å². The van der Waals surface area contributed by atoms with Gasteiger partial charge in [0, 0.05) is 13.0 Å². The molecule has 1 unspecified atom stereocenters. The Morgan fingerprint density at radius 3 is 2.61 bits per heavy atom. The fourth-order valence-corrected chi connectivity index (χ4v) is 2.10. The van der Waals surface area contributed by atoms with Crippen molar-refractivity contribution in [1.29, 1.82) is 0 Å². The number of aryl methyl sites for hydroxylation is 2. The summed E-state index contributed by atoms with van der Waals surface area (Å²) in [6.07, 6.45) is 2.48. The maximum atomic E-state index is 11.3. The van der Waals surface area contributed by atoms with Crippen LogP contribution in [-0.2, 0) is 24.2 Å². The van der Waals surface area contributed by atoms with Gasteiger partial charge in [-0.15, -0.1) is 6.58 Å². The first-order chi connectivity index (χ1) is 8.39. The van der Waals surface area contributed by atoms with Gasteiger partial charge in [-0.2, -0.15) is 5.10 Å². The van der Waals surface area contributed by atoms with Gasteiger partial charge < -0.3 is 5.11 Å². The number of hydrogen-bond acceptors (Lipinski definition) is 2. The maximum Gasteiger partial charge on any atom is 0.313 e. The standard InChI is InChI=1S/C13H19ClN2O2/c1-5-9-11(14)10(16(7-3)15-9)8-13(4,6-2)12(17)18/h6H,2,5,7-8H2,1,3-4H3,(H,17,18). The van der Waals surface area contributed by atoms with Gasteiger partial charge in [-0.3, -0.25) is 9.48 Å². The first-order valence-corrected chi connectivity index (χ1v) is 6.38. The largest absolute Gasteiger partial charge is 0.481 e. The van der Waals surface area contributed by atoms with E-state index < -0.39 is 11.4 Å². The van der Waals surface area contributed by atoms with Gasteiger partial charge >= 0.3 is 5.97 Å². The van der Waals surface area contributed by atoms with Crippen LogP contribution in [0.15, 0.2) is 12.7 Å². The number of carboxylic acids is 1. The van der Waals surface area contributed by atoms with Gasteiger partial charge in [0.05, 0.1) is 21.8 Å². The van der Waals surface area contributed by atoms with E-state index in [1.807, 2.05) is 13.8 Å². The third kappa shape index (κ3) is 2.58. The summed E-state index contributed by atoms with van der Waals surface area (Å²) in [5, 5.41) is 14.2. The molecular formula is C13H19ClN2O2. The summed E-state index contributed by atoms with van der Waals surface area (Å²) in [4.78, 5) is 11.3. The van der Waals surface area contributed by atoms with Crippen LogP contribution < -0.4 is 0 Å². The average molecular weight is 271 g/mol. The van der Waals surface area contributed by atoms with Crippen molar-refractivity contribution in [1.82, 2.24) is 9.78 Å². The molecule has 4 nitrogen and oxygen atoms in total. The lowest BCUT2D eigenvalue weighted by atomic mass is 9.85. The van der Waals surface area contributed by atoms with Gasteiger partial charge in [0.25, 0.3) is 0 Å².